The normalized spacial score (nSPS) is 12.9. The number of pyridine rings is 1. The monoisotopic (exact) mass is 295 g/mol. The minimum atomic E-state index is -3.74. The lowest BCUT2D eigenvalue weighted by molar-refractivity contribution is 0.600. The second-order valence-corrected chi connectivity index (χ2v) is 6.01. The lowest BCUT2D eigenvalue weighted by atomic mass is 10.1. The van der Waals surface area contributed by atoms with Gasteiger partial charge in [0.05, 0.1) is 11.1 Å². The fraction of sp³-hybridized carbons (Fsp3) is 0.154. The molecule has 0 bridgehead atoms. The van der Waals surface area contributed by atoms with Crippen molar-refractivity contribution < 1.29 is 12.8 Å². The number of nitrogens with two attached hydrogens (primary N) is 1. The molecule has 1 aromatic heterocycles. The Balaban J connectivity index is 2.23. The van der Waals surface area contributed by atoms with Crippen LogP contribution in [0.4, 0.5) is 10.2 Å². The number of nitrogens with zero attached hydrogens (tertiary/aromatic N) is 1. The van der Waals surface area contributed by atoms with E-state index in [2.05, 4.69) is 9.71 Å². The predicted octanol–water partition coefficient (Wildman–Crippen LogP) is 2.04. The Bertz CT molecular complexity index is 683. The highest BCUT2D eigenvalue weighted by atomic mass is 32.2. The van der Waals surface area contributed by atoms with Crippen LogP contribution in [0.2, 0.25) is 0 Å². The summed E-state index contributed by atoms with van der Waals surface area (Å²) >= 11 is 0. The molecule has 20 heavy (non-hydrogen) atoms. The van der Waals surface area contributed by atoms with E-state index in [1.807, 2.05) is 6.92 Å². The highest BCUT2D eigenvalue weighted by molar-refractivity contribution is 7.92. The van der Waals surface area contributed by atoms with Crippen molar-refractivity contribution in [2.45, 2.75) is 17.9 Å². The van der Waals surface area contributed by atoms with Crippen molar-refractivity contribution in [2.75, 3.05) is 4.72 Å². The summed E-state index contributed by atoms with van der Waals surface area (Å²) in [6.07, 6.45) is 0.942. The standard InChI is InChI=1S/C13H14FN3O2S/c1-9(15)10-2-5-12(6-3-10)20(18,19)17-13-7-4-11(14)8-16-13/h2-9H,15H2,1H3,(H,16,17). The van der Waals surface area contributed by atoms with Crippen LogP contribution in [0.5, 0.6) is 0 Å². The topological polar surface area (TPSA) is 85.1 Å². The fourth-order valence-electron chi connectivity index (χ4n) is 1.58. The Kier molecular flexibility index (Phi) is 4.01. The largest absolute Gasteiger partial charge is 0.324 e. The number of aromatic nitrogens is 1. The molecule has 3 N–H and O–H groups in total. The third-order valence-electron chi connectivity index (χ3n) is 2.68. The number of hydrogen-bond acceptors (Lipinski definition) is 4. The second-order valence-electron chi connectivity index (χ2n) is 4.32. The summed E-state index contributed by atoms with van der Waals surface area (Å²) in [4.78, 5) is 3.74. The quantitative estimate of drug-likeness (QED) is 0.904. The molecule has 0 aliphatic rings. The molecule has 106 valence electrons. The van der Waals surface area contributed by atoms with Crippen molar-refractivity contribution in [1.82, 2.24) is 4.98 Å². The van der Waals surface area contributed by atoms with E-state index in [-0.39, 0.29) is 16.8 Å². The van der Waals surface area contributed by atoms with Gasteiger partial charge in [0, 0.05) is 6.04 Å². The molecular formula is C13H14FN3O2S. The maximum atomic E-state index is 12.7. The number of nitrogens with one attached hydrogen (secondary N) is 1. The van der Waals surface area contributed by atoms with Gasteiger partial charge in [0.15, 0.2) is 0 Å². The first-order chi connectivity index (χ1) is 9.38. The second kappa shape index (κ2) is 5.56. The molecule has 0 aliphatic carbocycles. The molecule has 0 saturated carbocycles. The Morgan fingerprint density at radius 3 is 2.35 bits per heavy atom. The summed E-state index contributed by atoms with van der Waals surface area (Å²) in [6.45, 7) is 1.81. The van der Waals surface area contributed by atoms with Gasteiger partial charge < -0.3 is 5.73 Å². The molecule has 0 aliphatic heterocycles. The summed E-state index contributed by atoms with van der Waals surface area (Å²) in [5.74, 6) is -0.475. The van der Waals surface area contributed by atoms with Gasteiger partial charge >= 0.3 is 0 Å². The summed E-state index contributed by atoms with van der Waals surface area (Å²) in [5.41, 5.74) is 6.54. The molecule has 2 aromatic rings. The molecule has 0 saturated heterocycles. The van der Waals surface area contributed by atoms with Crippen molar-refractivity contribution in [3.8, 4) is 0 Å². The highest BCUT2D eigenvalue weighted by Crippen LogP contribution is 2.17. The van der Waals surface area contributed by atoms with Crippen molar-refractivity contribution in [3.63, 3.8) is 0 Å². The van der Waals surface area contributed by atoms with E-state index >= 15 is 0 Å². The van der Waals surface area contributed by atoms with E-state index in [1.165, 1.54) is 18.2 Å². The number of sulfonamides is 1. The molecule has 1 aromatic carbocycles. The van der Waals surface area contributed by atoms with Crippen LogP contribution in [0.1, 0.15) is 18.5 Å². The number of benzene rings is 1. The summed E-state index contributed by atoms with van der Waals surface area (Å²) in [6, 6.07) is 8.44. The van der Waals surface area contributed by atoms with E-state index in [1.54, 1.807) is 12.1 Å². The maximum absolute atomic E-state index is 12.7. The zero-order chi connectivity index (χ0) is 14.8. The van der Waals surface area contributed by atoms with E-state index in [4.69, 9.17) is 5.73 Å². The summed E-state index contributed by atoms with van der Waals surface area (Å²) < 4.78 is 39.2. The van der Waals surface area contributed by atoms with Gasteiger partial charge in [-0.2, -0.15) is 0 Å². The average molecular weight is 295 g/mol. The first kappa shape index (κ1) is 14.4. The van der Waals surface area contributed by atoms with Crippen LogP contribution in [-0.4, -0.2) is 13.4 Å². The average Bonchev–Trinajstić information content (AvgIpc) is 2.41. The lowest BCUT2D eigenvalue weighted by Gasteiger charge is -2.09. The number of halogens is 1. The van der Waals surface area contributed by atoms with Crippen LogP contribution in [0.3, 0.4) is 0 Å². The third kappa shape index (κ3) is 3.31. The van der Waals surface area contributed by atoms with Crippen LogP contribution in [0.25, 0.3) is 0 Å². The predicted molar refractivity (Wildman–Crippen MR) is 74.0 cm³/mol. The van der Waals surface area contributed by atoms with Crippen molar-refractivity contribution in [3.05, 3.63) is 54.0 Å². The maximum Gasteiger partial charge on any atom is 0.263 e. The fourth-order valence-corrected chi connectivity index (χ4v) is 2.59. The molecule has 0 amide bonds. The van der Waals surface area contributed by atoms with Crippen molar-refractivity contribution in [2.24, 2.45) is 5.73 Å². The Labute approximate surface area is 116 Å². The number of anilines is 1. The van der Waals surface area contributed by atoms with Gasteiger partial charge in [0.1, 0.15) is 11.6 Å². The van der Waals surface area contributed by atoms with Crippen LogP contribution in [0, 0.1) is 5.82 Å². The highest BCUT2D eigenvalue weighted by Gasteiger charge is 2.15. The van der Waals surface area contributed by atoms with E-state index in [0.29, 0.717) is 0 Å². The van der Waals surface area contributed by atoms with Gasteiger partial charge in [0.2, 0.25) is 0 Å². The van der Waals surface area contributed by atoms with E-state index < -0.39 is 15.8 Å². The SMILES string of the molecule is CC(N)c1ccc(S(=O)(=O)Nc2ccc(F)cn2)cc1. The van der Waals surface area contributed by atoms with E-state index in [0.717, 1.165) is 17.8 Å². The summed E-state index contributed by atoms with van der Waals surface area (Å²) in [7, 11) is -3.74. The minimum Gasteiger partial charge on any atom is -0.324 e. The number of rotatable bonds is 4. The number of hydrogen-bond donors (Lipinski definition) is 2. The zero-order valence-corrected chi connectivity index (χ0v) is 11.6. The van der Waals surface area contributed by atoms with Crippen LogP contribution in [0.15, 0.2) is 47.5 Å². The van der Waals surface area contributed by atoms with Crippen LogP contribution in [-0.2, 0) is 10.0 Å². The van der Waals surface area contributed by atoms with Crippen molar-refractivity contribution in [1.29, 1.82) is 0 Å². The van der Waals surface area contributed by atoms with Gasteiger partial charge in [0.25, 0.3) is 10.0 Å². The molecule has 1 atom stereocenters. The van der Waals surface area contributed by atoms with Gasteiger partial charge in [-0.1, -0.05) is 12.1 Å². The van der Waals surface area contributed by atoms with Crippen LogP contribution >= 0.6 is 0 Å². The van der Waals surface area contributed by atoms with Gasteiger partial charge in [-0.3, -0.25) is 4.72 Å². The molecule has 0 radical (unpaired) electrons. The third-order valence-corrected chi connectivity index (χ3v) is 4.05. The molecule has 1 heterocycles. The molecule has 0 spiro atoms. The lowest BCUT2D eigenvalue weighted by Crippen LogP contribution is -2.14. The minimum absolute atomic E-state index is 0.0580. The molecule has 5 nitrogen and oxygen atoms in total. The molecule has 7 heteroatoms. The van der Waals surface area contributed by atoms with Gasteiger partial charge in [-0.15, -0.1) is 0 Å². The first-order valence-corrected chi connectivity index (χ1v) is 7.37. The van der Waals surface area contributed by atoms with E-state index in [9.17, 15) is 12.8 Å². The Morgan fingerprint density at radius 1 is 1.20 bits per heavy atom. The van der Waals surface area contributed by atoms with Gasteiger partial charge in [-0.25, -0.2) is 17.8 Å². The van der Waals surface area contributed by atoms with Crippen LogP contribution < -0.4 is 10.5 Å². The van der Waals surface area contributed by atoms with Crippen molar-refractivity contribution >= 4 is 15.8 Å². The Hall–Kier alpha value is -1.99. The first-order valence-electron chi connectivity index (χ1n) is 5.88. The Morgan fingerprint density at radius 2 is 1.85 bits per heavy atom. The zero-order valence-electron chi connectivity index (χ0n) is 10.7. The molecule has 2 rings (SSSR count). The summed E-state index contributed by atoms with van der Waals surface area (Å²) in [5, 5.41) is 0. The molecular weight excluding hydrogens is 281 g/mol. The molecule has 1 unspecified atom stereocenters. The smallest absolute Gasteiger partial charge is 0.263 e. The van der Waals surface area contributed by atoms with Gasteiger partial charge in [-0.05, 0) is 36.8 Å². The molecule has 0 fully saturated rings.